The van der Waals surface area contributed by atoms with Crippen LogP contribution in [0.2, 0.25) is 0 Å². The molecule has 2 aromatic rings. The van der Waals surface area contributed by atoms with Crippen LogP contribution in [0.3, 0.4) is 0 Å². The highest BCUT2D eigenvalue weighted by Crippen LogP contribution is 2.25. The largest absolute Gasteiger partial charge is 0.343 e. The molecule has 0 spiro atoms. The van der Waals surface area contributed by atoms with Crippen LogP contribution in [-0.4, -0.2) is 58.0 Å². The summed E-state index contributed by atoms with van der Waals surface area (Å²) >= 11 is 0. The summed E-state index contributed by atoms with van der Waals surface area (Å²) in [5, 5.41) is 8.24. The molecule has 0 saturated carbocycles. The van der Waals surface area contributed by atoms with Crippen LogP contribution in [0.1, 0.15) is 56.6 Å². The molecule has 1 aromatic heterocycles. The number of aryl methyl sites for hydroxylation is 1. The van der Waals surface area contributed by atoms with Crippen LogP contribution < -0.4 is 0 Å². The molecule has 162 valence electrons. The monoisotopic (exact) mass is 410 g/mol. The standard InChI is InChI=1S/C24H34N4O2/c1-17-6-10-27(11-7-17)22(29)15-20(24(30)28-8-4-3-5-9-28)13-19-12-18(2)23-21(14-19)16-25-26-23/h12,14,16-17,20H,3-11,13,15H2,1-2H3,(H,25,26). The predicted molar refractivity (Wildman–Crippen MR) is 118 cm³/mol. The minimum atomic E-state index is -0.293. The second kappa shape index (κ2) is 9.19. The third-order valence-corrected chi connectivity index (χ3v) is 6.86. The zero-order valence-corrected chi connectivity index (χ0v) is 18.3. The molecule has 4 rings (SSSR count). The third-order valence-electron chi connectivity index (χ3n) is 6.86. The first-order chi connectivity index (χ1) is 14.5. The van der Waals surface area contributed by atoms with Gasteiger partial charge < -0.3 is 9.80 Å². The summed E-state index contributed by atoms with van der Waals surface area (Å²) in [4.78, 5) is 30.4. The molecular weight excluding hydrogens is 376 g/mol. The second-order valence-corrected chi connectivity index (χ2v) is 9.30. The van der Waals surface area contributed by atoms with E-state index in [2.05, 4.69) is 36.2 Å². The van der Waals surface area contributed by atoms with E-state index in [4.69, 9.17) is 0 Å². The number of aromatic amines is 1. The van der Waals surface area contributed by atoms with Crippen molar-refractivity contribution < 1.29 is 9.59 Å². The molecule has 2 fully saturated rings. The van der Waals surface area contributed by atoms with Crippen LogP contribution >= 0.6 is 0 Å². The number of hydrogen-bond acceptors (Lipinski definition) is 3. The predicted octanol–water partition coefficient (Wildman–Crippen LogP) is 3.69. The van der Waals surface area contributed by atoms with Crippen LogP contribution in [0.4, 0.5) is 0 Å². The summed E-state index contributed by atoms with van der Waals surface area (Å²) in [5.41, 5.74) is 3.27. The Morgan fingerprint density at radius 1 is 1.10 bits per heavy atom. The van der Waals surface area contributed by atoms with Gasteiger partial charge in [0.05, 0.1) is 17.6 Å². The van der Waals surface area contributed by atoms with E-state index in [1.54, 1.807) is 0 Å². The Balaban J connectivity index is 1.52. The molecule has 2 aliphatic rings. The number of carbonyl (C=O) groups excluding carboxylic acids is 2. The van der Waals surface area contributed by atoms with Crippen molar-refractivity contribution in [2.75, 3.05) is 26.2 Å². The lowest BCUT2D eigenvalue weighted by atomic mass is 9.91. The number of carbonyl (C=O) groups is 2. The van der Waals surface area contributed by atoms with Crippen molar-refractivity contribution in [1.82, 2.24) is 20.0 Å². The Kier molecular flexibility index (Phi) is 6.40. The van der Waals surface area contributed by atoms with Gasteiger partial charge >= 0.3 is 0 Å². The van der Waals surface area contributed by atoms with Crippen LogP contribution in [0.5, 0.6) is 0 Å². The van der Waals surface area contributed by atoms with Gasteiger partial charge in [-0.3, -0.25) is 14.7 Å². The Morgan fingerprint density at radius 3 is 2.57 bits per heavy atom. The van der Waals surface area contributed by atoms with Crippen molar-refractivity contribution in [3.8, 4) is 0 Å². The molecular formula is C24H34N4O2. The number of fused-ring (bicyclic) bond motifs is 1. The SMILES string of the molecule is Cc1cc(CC(CC(=O)N2CCC(C)CC2)C(=O)N2CCCCC2)cc2cn[nH]c12. The molecule has 2 amide bonds. The first-order valence-electron chi connectivity index (χ1n) is 11.5. The van der Waals surface area contributed by atoms with Crippen LogP contribution in [0.25, 0.3) is 10.9 Å². The fourth-order valence-corrected chi connectivity index (χ4v) is 4.93. The van der Waals surface area contributed by atoms with E-state index in [0.717, 1.165) is 73.9 Å². The molecule has 3 heterocycles. The highest BCUT2D eigenvalue weighted by molar-refractivity contribution is 5.87. The Labute approximate surface area is 179 Å². The molecule has 0 radical (unpaired) electrons. The molecule has 2 saturated heterocycles. The van der Waals surface area contributed by atoms with Crippen molar-refractivity contribution >= 4 is 22.7 Å². The van der Waals surface area contributed by atoms with Crippen LogP contribution in [-0.2, 0) is 16.0 Å². The Morgan fingerprint density at radius 2 is 1.83 bits per heavy atom. The molecule has 1 aromatic carbocycles. The second-order valence-electron chi connectivity index (χ2n) is 9.30. The summed E-state index contributed by atoms with van der Waals surface area (Å²) in [7, 11) is 0. The molecule has 6 heteroatoms. The zero-order valence-electron chi connectivity index (χ0n) is 18.3. The van der Waals surface area contributed by atoms with Gasteiger partial charge in [0.25, 0.3) is 0 Å². The Hall–Kier alpha value is -2.37. The summed E-state index contributed by atoms with van der Waals surface area (Å²) < 4.78 is 0. The van der Waals surface area contributed by atoms with E-state index in [9.17, 15) is 9.59 Å². The molecule has 1 atom stereocenters. The smallest absolute Gasteiger partial charge is 0.226 e. The average Bonchev–Trinajstić information content (AvgIpc) is 3.23. The molecule has 30 heavy (non-hydrogen) atoms. The van der Waals surface area contributed by atoms with Gasteiger partial charge in [0.15, 0.2) is 0 Å². The lowest BCUT2D eigenvalue weighted by Gasteiger charge is -2.33. The fourth-order valence-electron chi connectivity index (χ4n) is 4.93. The summed E-state index contributed by atoms with van der Waals surface area (Å²) in [6.07, 6.45) is 8.19. The van der Waals surface area contributed by atoms with Gasteiger partial charge in [0.1, 0.15) is 0 Å². The van der Waals surface area contributed by atoms with Crippen LogP contribution in [0.15, 0.2) is 18.3 Å². The van der Waals surface area contributed by atoms with Crippen molar-refractivity contribution in [2.24, 2.45) is 11.8 Å². The van der Waals surface area contributed by atoms with E-state index >= 15 is 0 Å². The maximum atomic E-state index is 13.4. The number of nitrogens with one attached hydrogen (secondary N) is 1. The summed E-state index contributed by atoms with van der Waals surface area (Å²) in [6, 6.07) is 4.24. The van der Waals surface area contributed by atoms with Crippen molar-refractivity contribution in [3.05, 3.63) is 29.5 Å². The van der Waals surface area contributed by atoms with Gasteiger partial charge in [-0.15, -0.1) is 0 Å². The number of nitrogens with zero attached hydrogens (tertiary/aromatic N) is 3. The topological polar surface area (TPSA) is 69.3 Å². The lowest BCUT2D eigenvalue weighted by molar-refractivity contribution is -0.142. The molecule has 0 aliphatic carbocycles. The number of H-pyrrole nitrogens is 1. The number of aromatic nitrogens is 2. The first-order valence-corrected chi connectivity index (χ1v) is 11.5. The number of hydrogen-bond donors (Lipinski definition) is 1. The number of benzene rings is 1. The zero-order chi connectivity index (χ0) is 21.1. The van der Waals surface area contributed by atoms with E-state index in [1.807, 2.05) is 16.0 Å². The van der Waals surface area contributed by atoms with Gasteiger partial charge in [-0.2, -0.15) is 5.10 Å². The summed E-state index contributed by atoms with van der Waals surface area (Å²) in [5.74, 6) is 0.680. The Bertz CT molecular complexity index is 892. The van der Waals surface area contributed by atoms with Crippen molar-refractivity contribution in [1.29, 1.82) is 0 Å². The minimum absolute atomic E-state index is 0.137. The van der Waals surface area contributed by atoms with Crippen molar-refractivity contribution in [3.63, 3.8) is 0 Å². The third kappa shape index (κ3) is 4.68. The molecule has 1 N–H and O–H groups in total. The van der Waals surface area contributed by atoms with E-state index in [1.165, 1.54) is 6.42 Å². The normalized spacial score (nSPS) is 19.3. The molecule has 1 unspecified atom stereocenters. The maximum Gasteiger partial charge on any atom is 0.226 e. The number of amides is 2. The van der Waals surface area contributed by atoms with Gasteiger partial charge in [0, 0.05) is 38.0 Å². The lowest BCUT2D eigenvalue weighted by Crippen LogP contribution is -2.44. The molecule has 2 aliphatic heterocycles. The maximum absolute atomic E-state index is 13.4. The quantitative estimate of drug-likeness (QED) is 0.817. The van der Waals surface area contributed by atoms with Crippen LogP contribution in [0, 0.1) is 18.8 Å². The fraction of sp³-hybridized carbons (Fsp3) is 0.625. The first kappa shape index (κ1) is 20.9. The van der Waals surface area contributed by atoms with Gasteiger partial charge in [-0.1, -0.05) is 13.0 Å². The molecule has 0 bridgehead atoms. The highest BCUT2D eigenvalue weighted by atomic mass is 16.2. The molecule has 6 nitrogen and oxygen atoms in total. The van der Waals surface area contributed by atoms with Crippen molar-refractivity contribution in [2.45, 2.75) is 58.8 Å². The average molecular weight is 411 g/mol. The number of rotatable bonds is 5. The van der Waals surface area contributed by atoms with Gasteiger partial charge in [0.2, 0.25) is 11.8 Å². The van der Waals surface area contributed by atoms with Gasteiger partial charge in [-0.05, 0) is 68.6 Å². The van der Waals surface area contributed by atoms with E-state index in [-0.39, 0.29) is 17.7 Å². The van der Waals surface area contributed by atoms with Gasteiger partial charge in [-0.25, -0.2) is 0 Å². The highest BCUT2D eigenvalue weighted by Gasteiger charge is 2.30. The van der Waals surface area contributed by atoms with E-state index < -0.39 is 0 Å². The van der Waals surface area contributed by atoms with E-state index in [0.29, 0.717) is 18.8 Å². The number of piperidine rings is 2. The number of likely N-dealkylation sites (tertiary alicyclic amines) is 2. The minimum Gasteiger partial charge on any atom is -0.343 e. The summed E-state index contributed by atoms with van der Waals surface area (Å²) in [6.45, 7) is 7.61.